The van der Waals surface area contributed by atoms with Crippen molar-refractivity contribution >= 4 is 17.8 Å². The van der Waals surface area contributed by atoms with E-state index >= 15 is 0 Å². The third-order valence-corrected chi connectivity index (χ3v) is 3.62. The van der Waals surface area contributed by atoms with Gasteiger partial charge >= 0.3 is 0 Å². The first kappa shape index (κ1) is 15.9. The van der Waals surface area contributed by atoms with Crippen molar-refractivity contribution in [3.05, 3.63) is 82.6 Å². The zero-order valence-electron chi connectivity index (χ0n) is 12.6. The van der Waals surface area contributed by atoms with Crippen LogP contribution in [0.1, 0.15) is 16.9 Å². The molecule has 0 unspecified atom stereocenters. The molecule has 0 N–H and O–H groups in total. The molecule has 4 nitrogen and oxygen atoms in total. The Morgan fingerprint density at radius 2 is 1.88 bits per heavy atom. The normalized spacial score (nSPS) is 10.7. The van der Waals surface area contributed by atoms with Gasteiger partial charge in [0.2, 0.25) is 0 Å². The highest BCUT2D eigenvalue weighted by Gasteiger charge is 2.04. The van der Waals surface area contributed by atoms with Gasteiger partial charge in [-0.15, -0.1) is 0 Å². The molecule has 0 aliphatic carbocycles. The highest BCUT2D eigenvalue weighted by atomic mass is 35.5. The Hall–Kier alpha value is -3.03. The fraction of sp³-hybridized carbons (Fsp3) is 0.0526. The second kappa shape index (κ2) is 7.49. The van der Waals surface area contributed by atoms with Crippen molar-refractivity contribution in [1.82, 2.24) is 0 Å². The van der Waals surface area contributed by atoms with E-state index < -0.39 is 0 Å². The first-order chi connectivity index (χ1) is 11.8. The van der Waals surface area contributed by atoms with Crippen molar-refractivity contribution in [2.75, 3.05) is 0 Å². The summed E-state index contributed by atoms with van der Waals surface area (Å²) in [4.78, 5) is 5.24. The molecule has 0 spiro atoms. The molecule has 0 radical (unpaired) electrons. The summed E-state index contributed by atoms with van der Waals surface area (Å²) in [6.45, 7) is 0.227. The van der Waals surface area contributed by atoms with E-state index in [9.17, 15) is 0 Å². The van der Waals surface area contributed by atoms with Gasteiger partial charge < -0.3 is 9.25 Å². The summed E-state index contributed by atoms with van der Waals surface area (Å²) in [5.74, 6) is 1.30. The average molecular weight is 337 g/mol. The van der Waals surface area contributed by atoms with E-state index in [1.165, 1.54) is 6.21 Å². The minimum absolute atomic E-state index is 0.227. The van der Waals surface area contributed by atoms with Crippen LogP contribution in [0.15, 0.2) is 70.2 Å². The van der Waals surface area contributed by atoms with E-state index in [1.54, 1.807) is 12.1 Å². The van der Waals surface area contributed by atoms with Gasteiger partial charge in [0.25, 0.3) is 0 Å². The van der Waals surface area contributed by atoms with Crippen molar-refractivity contribution in [3.8, 4) is 17.4 Å². The summed E-state index contributed by atoms with van der Waals surface area (Å²) in [6.07, 6.45) is 1.49. The Kier molecular flexibility index (Phi) is 4.95. The second-order valence-electron chi connectivity index (χ2n) is 4.99. The van der Waals surface area contributed by atoms with Crippen LogP contribution in [0.3, 0.4) is 0 Å². The van der Waals surface area contributed by atoms with Crippen LogP contribution >= 0.6 is 11.6 Å². The minimum atomic E-state index is 0.227. The Morgan fingerprint density at radius 1 is 1.08 bits per heavy atom. The lowest BCUT2D eigenvalue weighted by Gasteiger charge is -2.01. The summed E-state index contributed by atoms with van der Waals surface area (Å²) in [5, 5.41) is 13.6. The maximum absolute atomic E-state index is 9.01. The summed E-state index contributed by atoms with van der Waals surface area (Å²) in [7, 11) is 0. The third kappa shape index (κ3) is 3.83. The number of oxime groups is 1. The second-order valence-corrected chi connectivity index (χ2v) is 5.42. The summed E-state index contributed by atoms with van der Waals surface area (Å²) >= 11 is 5.87. The van der Waals surface area contributed by atoms with Crippen LogP contribution < -0.4 is 0 Å². The summed E-state index contributed by atoms with van der Waals surface area (Å²) in [5.41, 5.74) is 2.30. The van der Waals surface area contributed by atoms with Crippen molar-refractivity contribution in [3.63, 3.8) is 0 Å². The van der Waals surface area contributed by atoms with E-state index in [1.807, 2.05) is 48.5 Å². The van der Waals surface area contributed by atoms with Gasteiger partial charge in [-0.05, 0) is 42.5 Å². The number of halogens is 1. The maximum Gasteiger partial charge on any atom is 0.149 e. The van der Waals surface area contributed by atoms with Crippen LogP contribution in [0.5, 0.6) is 0 Å². The fourth-order valence-corrected chi connectivity index (χ4v) is 2.27. The molecule has 1 aromatic heterocycles. The lowest BCUT2D eigenvalue weighted by molar-refractivity contribution is 0.131. The molecular formula is C19H13ClN2O2. The molecule has 0 aliphatic heterocycles. The molecule has 0 saturated carbocycles. The molecule has 1 heterocycles. The lowest BCUT2D eigenvalue weighted by atomic mass is 10.1. The van der Waals surface area contributed by atoms with Crippen LogP contribution in [0.4, 0.5) is 0 Å². The van der Waals surface area contributed by atoms with Gasteiger partial charge in [-0.25, -0.2) is 0 Å². The monoisotopic (exact) mass is 336 g/mol. The lowest BCUT2D eigenvalue weighted by Crippen LogP contribution is -1.91. The number of benzene rings is 2. The molecule has 3 rings (SSSR count). The molecule has 24 heavy (non-hydrogen) atoms. The Balaban J connectivity index is 1.61. The molecule has 0 aliphatic rings. The van der Waals surface area contributed by atoms with Crippen LogP contribution in [0.2, 0.25) is 5.02 Å². The first-order valence-electron chi connectivity index (χ1n) is 7.25. The number of hydrogen-bond donors (Lipinski definition) is 0. The van der Waals surface area contributed by atoms with Crippen molar-refractivity contribution in [2.45, 2.75) is 6.61 Å². The minimum Gasteiger partial charge on any atom is -0.455 e. The Morgan fingerprint density at radius 3 is 2.67 bits per heavy atom. The largest absolute Gasteiger partial charge is 0.455 e. The predicted molar refractivity (Wildman–Crippen MR) is 92.7 cm³/mol. The molecule has 5 heteroatoms. The number of hydrogen-bond acceptors (Lipinski definition) is 4. The van der Waals surface area contributed by atoms with Crippen LogP contribution in [-0.2, 0) is 11.4 Å². The molecule has 2 aromatic carbocycles. The number of nitrogens with zero attached hydrogens (tertiary/aromatic N) is 2. The van der Waals surface area contributed by atoms with Crippen molar-refractivity contribution in [2.24, 2.45) is 5.16 Å². The molecule has 0 amide bonds. The zero-order valence-corrected chi connectivity index (χ0v) is 13.4. The maximum atomic E-state index is 9.01. The standard InChI is InChI=1S/C19H13ClN2O2/c20-17-7-5-14(6-8-17)19-10-9-18(24-19)12-22-23-13-16-4-2-1-3-15(16)11-21/h1-10,12H,13H2/b22-12-. The average Bonchev–Trinajstić information content (AvgIpc) is 3.08. The van der Waals surface area contributed by atoms with E-state index in [4.69, 9.17) is 26.1 Å². The van der Waals surface area contributed by atoms with Crippen LogP contribution in [0, 0.1) is 11.3 Å². The highest BCUT2D eigenvalue weighted by molar-refractivity contribution is 6.30. The van der Waals surface area contributed by atoms with Gasteiger partial charge in [0.1, 0.15) is 24.3 Å². The van der Waals surface area contributed by atoms with Crippen LogP contribution in [-0.4, -0.2) is 6.21 Å². The molecule has 0 bridgehead atoms. The van der Waals surface area contributed by atoms with Gasteiger partial charge in [-0.2, -0.15) is 5.26 Å². The van der Waals surface area contributed by atoms with Gasteiger partial charge in [-0.3, -0.25) is 0 Å². The van der Waals surface area contributed by atoms with E-state index in [-0.39, 0.29) is 6.61 Å². The molecule has 3 aromatic rings. The third-order valence-electron chi connectivity index (χ3n) is 3.37. The molecule has 0 fully saturated rings. The predicted octanol–water partition coefficient (Wildman–Crippen LogP) is 5.02. The number of rotatable bonds is 5. The van der Waals surface area contributed by atoms with Crippen molar-refractivity contribution < 1.29 is 9.25 Å². The number of furan rings is 1. The zero-order chi connectivity index (χ0) is 16.8. The molecule has 0 saturated heterocycles. The van der Waals surface area contributed by atoms with Crippen molar-refractivity contribution in [1.29, 1.82) is 5.26 Å². The van der Waals surface area contributed by atoms with Gasteiger partial charge in [0.15, 0.2) is 0 Å². The van der Waals surface area contributed by atoms with E-state index in [0.717, 1.165) is 16.9 Å². The Labute approximate surface area is 144 Å². The molecule has 0 atom stereocenters. The van der Waals surface area contributed by atoms with Gasteiger partial charge in [0, 0.05) is 16.1 Å². The van der Waals surface area contributed by atoms with E-state index in [2.05, 4.69) is 11.2 Å². The van der Waals surface area contributed by atoms with Crippen LogP contribution in [0.25, 0.3) is 11.3 Å². The topological polar surface area (TPSA) is 58.5 Å². The number of nitriles is 1. The highest BCUT2D eigenvalue weighted by Crippen LogP contribution is 2.23. The van der Waals surface area contributed by atoms with Gasteiger partial charge in [-0.1, -0.05) is 35.0 Å². The van der Waals surface area contributed by atoms with Gasteiger partial charge in [0.05, 0.1) is 11.6 Å². The Bertz CT molecular complexity index is 892. The summed E-state index contributed by atoms with van der Waals surface area (Å²) < 4.78 is 5.68. The molecule has 118 valence electrons. The SMILES string of the molecule is N#Cc1ccccc1CO/N=C\c1ccc(-c2ccc(Cl)cc2)o1. The van der Waals surface area contributed by atoms with E-state index in [0.29, 0.717) is 16.3 Å². The quantitative estimate of drug-likeness (QED) is 0.485. The fourth-order valence-electron chi connectivity index (χ4n) is 2.14. The first-order valence-corrected chi connectivity index (χ1v) is 7.63. The smallest absolute Gasteiger partial charge is 0.149 e. The molecular weight excluding hydrogens is 324 g/mol. The summed E-state index contributed by atoms with van der Waals surface area (Å²) in [6, 6.07) is 20.4.